The van der Waals surface area contributed by atoms with Crippen molar-refractivity contribution in [2.75, 3.05) is 10.2 Å². The highest BCUT2D eigenvalue weighted by Gasteiger charge is 2.42. The van der Waals surface area contributed by atoms with Crippen LogP contribution in [0.5, 0.6) is 0 Å². The van der Waals surface area contributed by atoms with E-state index in [0.717, 1.165) is 11.3 Å². The van der Waals surface area contributed by atoms with Gasteiger partial charge < -0.3 is 5.32 Å². The molecular weight excluding hydrogens is 396 g/mol. The predicted molar refractivity (Wildman–Crippen MR) is 112 cm³/mol. The summed E-state index contributed by atoms with van der Waals surface area (Å²) in [6.45, 7) is 0. The Labute approximate surface area is 176 Å². The van der Waals surface area contributed by atoms with Crippen LogP contribution in [-0.4, -0.2) is 34.7 Å². The van der Waals surface area contributed by atoms with Crippen molar-refractivity contribution in [3.05, 3.63) is 65.4 Å². The first-order chi connectivity index (χ1) is 15.0. The van der Waals surface area contributed by atoms with Crippen molar-refractivity contribution in [2.24, 2.45) is 0 Å². The maximum absolute atomic E-state index is 13.3. The van der Waals surface area contributed by atoms with Gasteiger partial charge in [0.05, 0.1) is 22.7 Å². The lowest BCUT2D eigenvalue weighted by atomic mass is 9.89. The minimum atomic E-state index is -0.762. The van der Waals surface area contributed by atoms with Crippen molar-refractivity contribution in [1.29, 1.82) is 0 Å². The molecule has 1 saturated heterocycles. The van der Waals surface area contributed by atoms with Gasteiger partial charge in [-0.05, 0) is 35.7 Å². The third-order valence-electron chi connectivity index (χ3n) is 6.23. The van der Waals surface area contributed by atoms with Crippen molar-refractivity contribution < 1.29 is 19.2 Å². The normalized spacial score (nSPS) is 22.0. The van der Waals surface area contributed by atoms with Crippen LogP contribution in [0.2, 0.25) is 0 Å². The summed E-state index contributed by atoms with van der Waals surface area (Å²) in [6, 6.07) is 11.9. The zero-order valence-electron chi connectivity index (χ0n) is 16.2. The predicted octanol–water partition coefficient (Wildman–Crippen LogP) is 2.08. The molecular formula is C23H16N4O4. The number of hydrogen-bond acceptors (Lipinski definition) is 5. The van der Waals surface area contributed by atoms with E-state index in [0.29, 0.717) is 27.7 Å². The second-order valence-electron chi connectivity index (χ2n) is 7.91. The lowest BCUT2D eigenvalue weighted by Gasteiger charge is -2.30. The lowest BCUT2D eigenvalue weighted by Crippen LogP contribution is -2.53. The van der Waals surface area contributed by atoms with Crippen molar-refractivity contribution in [3.63, 3.8) is 0 Å². The molecule has 8 heteroatoms. The van der Waals surface area contributed by atoms with Gasteiger partial charge in [-0.1, -0.05) is 24.3 Å². The van der Waals surface area contributed by atoms with Crippen molar-refractivity contribution in [2.45, 2.75) is 24.8 Å². The Balaban J connectivity index is 1.52. The molecule has 1 fully saturated rings. The molecule has 152 valence electrons. The van der Waals surface area contributed by atoms with E-state index >= 15 is 0 Å². The van der Waals surface area contributed by atoms with E-state index in [1.165, 1.54) is 4.90 Å². The number of amides is 4. The number of anilines is 2. The Bertz CT molecular complexity index is 1350. The van der Waals surface area contributed by atoms with E-state index in [4.69, 9.17) is 0 Å². The van der Waals surface area contributed by atoms with E-state index < -0.39 is 17.9 Å². The standard InChI is InChI=1S/C23H16N4O4/c28-17-8-7-16(21(29)26-17)27-15-9-10-24-20-12(5-6-13(19(15)20)23(27)31)18-11-3-1-2-4-14(11)25-22(18)30/h1-6,9-10,16,18H,7-8H2,(H,25,30)(H,26,28,29)/t16?,18-/m1/s1. The van der Waals surface area contributed by atoms with E-state index in [1.54, 1.807) is 24.4 Å². The highest BCUT2D eigenvalue weighted by atomic mass is 16.2. The molecule has 6 rings (SSSR count). The smallest absolute Gasteiger partial charge is 0.259 e. The molecule has 3 aliphatic heterocycles. The van der Waals surface area contributed by atoms with Gasteiger partial charge in [-0.2, -0.15) is 0 Å². The average Bonchev–Trinajstić information content (AvgIpc) is 3.24. The van der Waals surface area contributed by atoms with Crippen molar-refractivity contribution >= 4 is 45.9 Å². The van der Waals surface area contributed by atoms with Gasteiger partial charge in [0.1, 0.15) is 6.04 Å². The largest absolute Gasteiger partial charge is 0.325 e. The molecule has 0 saturated carbocycles. The molecule has 0 bridgehead atoms. The van der Waals surface area contributed by atoms with Gasteiger partial charge in [-0.25, -0.2) is 0 Å². The Kier molecular flexibility index (Phi) is 3.56. The number of nitrogens with one attached hydrogen (secondary N) is 2. The third kappa shape index (κ3) is 2.38. The number of hydrogen-bond donors (Lipinski definition) is 2. The molecule has 8 nitrogen and oxygen atoms in total. The maximum Gasteiger partial charge on any atom is 0.259 e. The van der Waals surface area contributed by atoms with Gasteiger partial charge in [0.15, 0.2) is 0 Å². The van der Waals surface area contributed by atoms with Crippen LogP contribution in [-0.2, 0) is 14.4 Å². The van der Waals surface area contributed by atoms with E-state index in [9.17, 15) is 19.2 Å². The molecule has 1 unspecified atom stereocenters. The molecule has 3 aromatic rings. The van der Waals surface area contributed by atoms with E-state index in [2.05, 4.69) is 15.6 Å². The van der Waals surface area contributed by atoms with Gasteiger partial charge in [0.2, 0.25) is 17.7 Å². The topological polar surface area (TPSA) is 108 Å². The Hall–Kier alpha value is -4.07. The number of para-hydroxylation sites is 1. The second kappa shape index (κ2) is 6.21. The van der Waals surface area contributed by atoms with Gasteiger partial charge >= 0.3 is 0 Å². The molecule has 4 heterocycles. The number of aromatic nitrogens is 1. The Morgan fingerprint density at radius 1 is 0.903 bits per heavy atom. The van der Waals surface area contributed by atoms with Crippen molar-refractivity contribution in [1.82, 2.24) is 10.3 Å². The van der Waals surface area contributed by atoms with E-state index in [-0.39, 0.29) is 30.6 Å². The van der Waals surface area contributed by atoms with Crippen LogP contribution >= 0.6 is 0 Å². The van der Waals surface area contributed by atoms with Crippen LogP contribution in [0.3, 0.4) is 0 Å². The quantitative estimate of drug-likeness (QED) is 0.627. The fraction of sp³-hybridized carbons (Fsp3) is 0.174. The number of fused-ring (bicyclic) bond motifs is 1. The zero-order valence-corrected chi connectivity index (χ0v) is 16.2. The SMILES string of the molecule is O=C1CCC(N2C(=O)c3ccc([C@@H]4C(=O)Nc5ccccc54)c4nccc2c34)C(=O)N1. The summed E-state index contributed by atoms with van der Waals surface area (Å²) in [5, 5.41) is 5.86. The lowest BCUT2D eigenvalue weighted by molar-refractivity contribution is -0.134. The Morgan fingerprint density at radius 2 is 1.74 bits per heavy atom. The number of nitrogens with zero attached hydrogens (tertiary/aromatic N) is 2. The minimum Gasteiger partial charge on any atom is -0.325 e. The number of rotatable bonds is 2. The number of pyridine rings is 1. The molecule has 2 aromatic carbocycles. The van der Waals surface area contributed by atoms with Crippen LogP contribution < -0.4 is 15.5 Å². The summed E-state index contributed by atoms with van der Waals surface area (Å²) in [6.07, 6.45) is 2.02. The fourth-order valence-corrected chi connectivity index (χ4v) is 4.88. The summed E-state index contributed by atoms with van der Waals surface area (Å²) in [7, 11) is 0. The zero-order chi connectivity index (χ0) is 21.3. The minimum absolute atomic E-state index is 0.143. The maximum atomic E-state index is 13.3. The Morgan fingerprint density at radius 3 is 2.58 bits per heavy atom. The van der Waals surface area contributed by atoms with Gasteiger partial charge in [0, 0.05) is 23.7 Å². The summed E-state index contributed by atoms with van der Waals surface area (Å²) in [5.41, 5.74) is 3.92. The molecule has 4 amide bonds. The summed E-state index contributed by atoms with van der Waals surface area (Å²) in [4.78, 5) is 56.1. The first-order valence-corrected chi connectivity index (χ1v) is 10.0. The highest BCUT2D eigenvalue weighted by Crippen LogP contribution is 2.44. The first kappa shape index (κ1) is 17.8. The summed E-state index contributed by atoms with van der Waals surface area (Å²) < 4.78 is 0. The van der Waals surface area contributed by atoms with Gasteiger partial charge in [-0.3, -0.25) is 34.4 Å². The summed E-state index contributed by atoms with van der Waals surface area (Å²) in [5.74, 6) is -1.79. The van der Waals surface area contributed by atoms with Crippen molar-refractivity contribution in [3.8, 4) is 0 Å². The third-order valence-corrected chi connectivity index (χ3v) is 6.23. The number of benzene rings is 2. The van der Waals surface area contributed by atoms with Gasteiger partial charge in [0.25, 0.3) is 5.91 Å². The molecule has 1 aromatic heterocycles. The van der Waals surface area contributed by atoms with Crippen LogP contribution in [0.15, 0.2) is 48.7 Å². The number of piperidine rings is 1. The van der Waals surface area contributed by atoms with Crippen LogP contribution in [0.1, 0.15) is 40.2 Å². The van der Waals surface area contributed by atoms with Crippen LogP contribution in [0.25, 0.3) is 10.9 Å². The van der Waals surface area contributed by atoms with E-state index in [1.807, 2.05) is 24.3 Å². The second-order valence-corrected chi connectivity index (χ2v) is 7.91. The first-order valence-electron chi connectivity index (χ1n) is 10.0. The average molecular weight is 412 g/mol. The molecule has 0 radical (unpaired) electrons. The van der Waals surface area contributed by atoms with Gasteiger partial charge in [-0.15, -0.1) is 0 Å². The van der Waals surface area contributed by atoms with Crippen LogP contribution in [0.4, 0.5) is 11.4 Å². The molecule has 2 N–H and O–H groups in total. The van der Waals surface area contributed by atoms with Crippen LogP contribution in [0, 0.1) is 0 Å². The molecule has 3 aliphatic rings. The number of carbonyl (C=O) groups excluding carboxylic acids is 4. The molecule has 2 atom stereocenters. The molecule has 0 aliphatic carbocycles. The molecule has 0 spiro atoms. The fourth-order valence-electron chi connectivity index (χ4n) is 4.88. The number of carbonyl (C=O) groups is 4. The molecule has 31 heavy (non-hydrogen) atoms. The summed E-state index contributed by atoms with van der Waals surface area (Å²) >= 11 is 0. The highest BCUT2D eigenvalue weighted by molar-refractivity contribution is 6.27. The number of imide groups is 1. The monoisotopic (exact) mass is 412 g/mol.